The molecule has 0 spiro atoms. The second-order valence-electron chi connectivity index (χ2n) is 5.48. The van der Waals surface area contributed by atoms with Crippen LogP contribution in [0.25, 0.3) is 0 Å². The van der Waals surface area contributed by atoms with Crippen LogP contribution in [0.2, 0.25) is 0 Å². The molecule has 0 aromatic heterocycles. The molecule has 1 heterocycles. The third-order valence-corrected chi connectivity index (χ3v) is 3.80. The van der Waals surface area contributed by atoms with Gasteiger partial charge in [0.2, 0.25) is 0 Å². The van der Waals surface area contributed by atoms with Gasteiger partial charge in [-0.3, -0.25) is 0 Å². The number of rotatable bonds is 4. The molecule has 0 saturated carbocycles. The third-order valence-electron chi connectivity index (χ3n) is 3.80. The van der Waals surface area contributed by atoms with Crippen LogP contribution < -0.4 is 10.1 Å². The summed E-state index contributed by atoms with van der Waals surface area (Å²) >= 11 is 0. The molecule has 2 aromatic rings. The Bertz CT molecular complexity index is 532. The Labute approximate surface area is 120 Å². The molecule has 0 aliphatic carbocycles. The Morgan fingerprint density at radius 2 is 1.85 bits per heavy atom. The summed E-state index contributed by atoms with van der Waals surface area (Å²) in [6.45, 7) is 2.32. The van der Waals surface area contributed by atoms with Crippen LogP contribution in [-0.4, -0.2) is 13.1 Å². The predicted molar refractivity (Wildman–Crippen MR) is 82.3 cm³/mol. The highest BCUT2D eigenvalue weighted by Crippen LogP contribution is 2.24. The van der Waals surface area contributed by atoms with Gasteiger partial charge >= 0.3 is 0 Å². The first-order chi connectivity index (χ1) is 9.90. The van der Waals surface area contributed by atoms with Gasteiger partial charge in [0, 0.05) is 0 Å². The Hall–Kier alpha value is -1.80. The molecular formula is C18H21NO. The number of hydrogen-bond acceptors (Lipinski definition) is 2. The molecule has 1 fully saturated rings. The van der Waals surface area contributed by atoms with Gasteiger partial charge in [0.15, 0.2) is 0 Å². The minimum Gasteiger partial charge on any atom is -0.457 e. The first-order valence-corrected chi connectivity index (χ1v) is 7.43. The van der Waals surface area contributed by atoms with Crippen molar-refractivity contribution in [2.45, 2.75) is 19.3 Å². The van der Waals surface area contributed by atoms with Crippen LogP contribution >= 0.6 is 0 Å². The smallest absolute Gasteiger partial charge is 0.127 e. The Balaban J connectivity index is 1.66. The van der Waals surface area contributed by atoms with Gasteiger partial charge in [-0.15, -0.1) is 0 Å². The van der Waals surface area contributed by atoms with Gasteiger partial charge in [-0.2, -0.15) is 0 Å². The number of piperidine rings is 1. The van der Waals surface area contributed by atoms with Gasteiger partial charge in [0.05, 0.1) is 0 Å². The maximum atomic E-state index is 5.89. The molecule has 0 radical (unpaired) electrons. The van der Waals surface area contributed by atoms with Crippen molar-refractivity contribution in [1.82, 2.24) is 5.32 Å². The molecule has 1 aliphatic heterocycles. The number of nitrogens with one attached hydrogen (secondary N) is 1. The quantitative estimate of drug-likeness (QED) is 0.903. The zero-order valence-electron chi connectivity index (χ0n) is 11.7. The molecular weight excluding hydrogens is 246 g/mol. The summed E-state index contributed by atoms with van der Waals surface area (Å²) in [5.74, 6) is 2.58. The van der Waals surface area contributed by atoms with Gasteiger partial charge in [-0.05, 0) is 68.1 Å². The average Bonchev–Trinajstić information content (AvgIpc) is 2.50. The molecule has 1 N–H and O–H groups in total. The topological polar surface area (TPSA) is 21.3 Å². The summed E-state index contributed by atoms with van der Waals surface area (Å²) in [4.78, 5) is 0. The maximum Gasteiger partial charge on any atom is 0.127 e. The monoisotopic (exact) mass is 267 g/mol. The Kier molecular flexibility index (Phi) is 4.34. The van der Waals surface area contributed by atoms with E-state index in [4.69, 9.17) is 4.74 Å². The lowest BCUT2D eigenvalue weighted by molar-refractivity contribution is 0.375. The molecule has 2 heteroatoms. The van der Waals surface area contributed by atoms with Crippen LogP contribution in [0.5, 0.6) is 11.5 Å². The number of hydrogen-bond donors (Lipinski definition) is 1. The lowest BCUT2D eigenvalue weighted by atomic mass is 9.92. The van der Waals surface area contributed by atoms with E-state index in [-0.39, 0.29) is 0 Å². The third kappa shape index (κ3) is 3.61. The zero-order valence-corrected chi connectivity index (χ0v) is 11.7. The fraction of sp³-hybridized carbons (Fsp3) is 0.333. The van der Waals surface area contributed by atoms with Crippen molar-refractivity contribution in [3.63, 3.8) is 0 Å². The van der Waals surface area contributed by atoms with E-state index in [1.807, 2.05) is 36.4 Å². The summed E-state index contributed by atoms with van der Waals surface area (Å²) in [5, 5.41) is 3.48. The SMILES string of the molecule is c1ccc(Oc2cccc(CC3CCCNC3)c2)cc1. The van der Waals surface area contributed by atoms with Crippen molar-refractivity contribution < 1.29 is 4.74 Å². The van der Waals surface area contributed by atoms with Crippen molar-refractivity contribution in [1.29, 1.82) is 0 Å². The normalized spacial score (nSPS) is 18.7. The van der Waals surface area contributed by atoms with Gasteiger partial charge in [0.1, 0.15) is 11.5 Å². The maximum absolute atomic E-state index is 5.89. The van der Waals surface area contributed by atoms with Crippen molar-refractivity contribution in [3.05, 3.63) is 60.2 Å². The largest absolute Gasteiger partial charge is 0.457 e. The van der Waals surface area contributed by atoms with E-state index in [2.05, 4.69) is 23.5 Å². The van der Waals surface area contributed by atoms with E-state index >= 15 is 0 Å². The molecule has 1 aliphatic rings. The van der Waals surface area contributed by atoms with Crippen LogP contribution in [-0.2, 0) is 6.42 Å². The second-order valence-corrected chi connectivity index (χ2v) is 5.48. The van der Waals surface area contributed by atoms with Crippen molar-refractivity contribution in [3.8, 4) is 11.5 Å². The van der Waals surface area contributed by atoms with E-state index < -0.39 is 0 Å². The van der Waals surface area contributed by atoms with Crippen LogP contribution in [0.1, 0.15) is 18.4 Å². The van der Waals surface area contributed by atoms with E-state index in [9.17, 15) is 0 Å². The first kappa shape index (κ1) is 13.2. The Morgan fingerprint density at radius 1 is 1.00 bits per heavy atom. The molecule has 20 heavy (non-hydrogen) atoms. The highest BCUT2D eigenvalue weighted by Gasteiger charge is 2.13. The molecule has 3 rings (SSSR count). The van der Waals surface area contributed by atoms with Crippen molar-refractivity contribution in [2.75, 3.05) is 13.1 Å². The fourth-order valence-electron chi connectivity index (χ4n) is 2.79. The van der Waals surface area contributed by atoms with E-state index in [1.54, 1.807) is 0 Å². The Morgan fingerprint density at radius 3 is 2.65 bits per heavy atom. The minimum absolute atomic E-state index is 0.760. The second kappa shape index (κ2) is 6.58. The van der Waals surface area contributed by atoms with Crippen LogP contribution in [0, 0.1) is 5.92 Å². The zero-order chi connectivity index (χ0) is 13.6. The summed E-state index contributed by atoms with van der Waals surface area (Å²) < 4.78 is 5.89. The number of ether oxygens (including phenoxy) is 1. The molecule has 0 bridgehead atoms. The van der Waals surface area contributed by atoms with Crippen molar-refractivity contribution in [2.24, 2.45) is 5.92 Å². The van der Waals surface area contributed by atoms with Crippen LogP contribution in [0.15, 0.2) is 54.6 Å². The minimum atomic E-state index is 0.760. The number of benzene rings is 2. The first-order valence-electron chi connectivity index (χ1n) is 7.43. The summed E-state index contributed by atoms with van der Waals surface area (Å²) in [6, 6.07) is 18.4. The van der Waals surface area contributed by atoms with Gasteiger partial charge in [0.25, 0.3) is 0 Å². The van der Waals surface area contributed by atoms with E-state index in [0.717, 1.165) is 30.4 Å². The standard InChI is InChI=1S/C18H21NO/c1-2-8-17(9-3-1)20-18-10-4-6-15(13-18)12-16-7-5-11-19-14-16/h1-4,6,8-10,13,16,19H,5,7,11-12,14H2. The van der Waals surface area contributed by atoms with E-state index in [0.29, 0.717) is 0 Å². The lowest BCUT2D eigenvalue weighted by Crippen LogP contribution is -2.30. The highest BCUT2D eigenvalue weighted by molar-refractivity contribution is 5.34. The number of para-hydroxylation sites is 1. The van der Waals surface area contributed by atoms with Gasteiger partial charge < -0.3 is 10.1 Å². The predicted octanol–water partition coefficient (Wildman–Crippen LogP) is 4.02. The molecule has 1 saturated heterocycles. The van der Waals surface area contributed by atoms with Crippen LogP contribution in [0.3, 0.4) is 0 Å². The lowest BCUT2D eigenvalue weighted by Gasteiger charge is -2.22. The molecule has 2 nitrogen and oxygen atoms in total. The molecule has 104 valence electrons. The van der Waals surface area contributed by atoms with Crippen LogP contribution in [0.4, 0.5) is 0 Å². The van der Waals surface area contributed by atoms with E-state index in [1.165, 1.54) is 24.9 Å². The average molecular weight is 267 g/mol. The molecule has 1 atom stereocenters. The van der Waals surface area contributed by atoms with Crippen molar-refractivity contribution >= 4 is 0 Å². The summed E-state index contributed by atoms with van der Waals surface area (Å²) in [6.07, 6.45) is 3.76. The summed E-state index contributed by atoms with van der Waals surface area (Å²) in [7, 11) is 0. The molecule has 1 unspecified atom stereocenters. The summed E-state index contributed by atoms with van der Waals surface area (Å²) in [5.41, 5.74) is 1.37. The molecule has 2 aromatic carbocycles. The van der Waals surface area contributed by atoms with Gasteiger partial charge in [-0.25, -0.2) is 0 Å². The fourth-order valence-corrected chi connectivity index (χ4v) is 2.79. The van der Waals surface area contributed by atoms with Gasteiger partial charge in [-0.1, -0.05) is 30.3 Å². The molecule has 0 amide bonds. The highest BCUT2D eigenvalue weighted by atomic mass is 16.5.